The van der Waals surface area contributed by atoms with Gasteiger partial charge in [0.25, 0.3) is 5.91 Å². The van der Waals surface area contributed by atoms with Crippen molar-refractivity contribution in [2.45, 2.75) is 13.5 Å². The van der Waals surface area contributed by atoms with Crippen molar-refractivity contribution in [1.29, 1.82) is 0 Å². The van der Waals surface area contributed by atoms with Crippen LogP contribution in [-0.4, -0.2) is 18.0 Å². The van der Waals surface area contributed by atoms with Gasteiger partial charge in [0.2, 0.25) is 0 Å². The molecule has 3 aromatic rings. The van der Waals surface area contributed by atoms with Crippen molar-refractivity contribution in [3.63, 3.8) is 0 Å². The van der Waals surface area contributed by atoms with E-state index in [-0.39, 0.29) is 17.2 Å². The van der Waals surface area contributed by atoms with Crippen LogP contribution in [0.1, 0.15) is 20.9 Å². The normalized spacial score (nSPS) is 10.5. The number of hydrogen-bond donors (Lipinski definition) is 1. The zero-order valence-electron chi connectivity index (χ0n) is 13.9. The number of ether oxygens (including phenoxy) is 1. The number of nitrogens with one attached hydrogen (secondary N) is 1. The number of benzene rings is 2. The Kier molecular flexibility index (Phi) is 5.09. The third-order valence-corrected chi connectivity index (χ3v) is 4.51. The third kappa shape index (κ3) is 4.03. The van der Waals surface area contributed by atoms with Crippen LogP contribution in [-0.2, 0) is 6.54 Å². The maximum absolute atomic E-state index is 13.7. The Bertz CT molecular complexity index is 891. The second-order valence-corrected chi connectivity index (χ2v) is 6.54. The molecular formula is C19H17FN2O2S. The lowest BCUT2D eigenvalue weighted by molar-refractivity contribution is 0.0950. The summed E-state index contributed by atoms with van der Waals surface area (Å²) in [6, 6.07) is 12.0. The number of aryl methyl sites for hydroxylation is 1. The molecule has 0 radical (unpaired) electrons. The fraction of sp³-hybridized carbons (Fsp3) is 0.158. The molecule has 128 valence electrons. The highest BCUT2D eigenvalue weighted by molar-refractivity contribution is 7.09. The summed E-state index contributed by atoms with van der Waals surface area (Å²) in [7, 11) is 1.38. The van der Waals surface area contributed by atoms with E-state index in [9.17, 15) is 9.18 Å². The minimum atomic E-state index is -0.557. The predicted molar refractivity (Wildman–Crippen MR) is 96.4 cm³/mol. The highest BCUT2D eigenvalue weighted by Gasteiger charge is 2.10. The Balaban J connectivity index is 1.63. The number of nitrogens with zero attached hydrogens (tertiary/aromatic N) is 1. The second-order valence-electron chi connectivity index (χ2n) is 5.48. The van der Waals surface area contributed by atoms with Gasteiger partial charge >= 0.3 is 0 Å². The van der Waals surface area contributed by atoms with E-state index in [0.29, 0.717) is 6.54 Å². The molecule has 0 fully saturated rings. The summed E-state index contributed by atoms with van der Waals surface area (Å²) in [5, 5.41) is 5.83. The van der Waals surface area contributed by atoms with Crippen molar-refractivity contribution in [1.82, 2.24) is 10.3 Å². The molecule has 3 rings (SSSR count). The summed E-state index contributed by atoms with van der Waals surface area (Å²) in [5.41, 5.74) is 3.20. The summed E-state index contributed by atoms with van der Waals surface area (Å²) in [4.78, 5) is 16.6. The fourth-order valence-corrected chi connectivity index (χ4v) is 3.00. The fourth-order valence-electron chi connectivity index (χ4n) is 2.38. The first kappa shape index (κ1) is 17.1. The molecule has 0 aliphatic rings. The van der Waals surface area contributed by atoms with Crippen molar-refractivity contribution in [3.8, 4) is 17.0 Å². The van der Waals surface area contributed by atoms with Gasteiger partial charge in [0.15, 0.2) is 11.6 Å². The van der Waals surface area contributed by atoms with Crippen molar-refractivity contribution in [3.05, 3.63) is 69.8 Å². The van der Waals surface area contributed by atoms with E-state index in [1.54, 1.807) is 11.3 Å². The lowest BCUT2D eigenvalue weighted by Crippen LogP contribution is -2.22. The number of hydrogen-bond acceptors (Lipinski definition) is 4. The number of rotatable bonds is 5. The standard InChI is InChI=1S/C19H17FN2O2S/c1-12-22-17(11-25-12)14-5-3-13(4-6-14)10-21-19(23)15-7-8-18(24-2)16(20)9-15/h3-9,11H,10H2,1-2H3,(H,21,23). The molecule has 0 unspecified atom stereocenters. The molecule has 1 heterocycles. The van der Waals surface area contributed by atoms with Crippen molar-refractivity contribution < 1.29 is 13.9 Å². The summed E-state index contributed by atoms with van der Waals surface area (Å²) >= 11 is 1.61. The average Bonchev–Trinajstić information content (AvgIpc) is 3.06. The highest BCUT2D eigenvalue weighted by atomic mass is 32.1. The Labute approximate surface area is 149 Å². The van der Waals surface area contributed by atoms with Crippen molar-refractivity contribution in [2.75, 3.05) is 7.11 Å². The minimum absolute atomic E-state index is 0.115. The zero-order valence-corrected chi connectivity index (χ0v) is 14.7. The monoisotopic (exact) mass is 356 g/mol. The highest BCUT2D eigenvalue weighted by Crippen LogP contribution is 2.22. The first-order chi connectivity index (χ1) is 12.1. The summed E-state index contributed by atoms with van der Waals surface area (Å²) in [6.45, 7) is 2.34. The lowest BCUT2D eigenvalue weighted by atomic mass is 10.1. The number of carbonyl (C=O) groups is 1. The van der Waals surface area contributed by atoms with Crippen LogP contribution in [0.25, 0.3) is 11.3 Å². The van der Waals surface area contributed by atoms with E-state index >= 15 is 0 Å². The maximum Gasteiger partial charge on any atom is 0.251 e. The Morgan fingerprint density at radius 3 is 2.60 bits per heavy atom. The van der Waals surface area contributed by atoms with Gasteiger partial charge in [-0.25, -0.2) is 9.37 Å². The van der Waals surface area contributed by atoms with Gasteiger partial charge in [-0.15, -0.1) is 11.3 Å². The number of halogens is 1. The lowest BCUT2D eigenvalue weighted by Gasteiger charge is -2.08. The number of methoxy groups -OCH3 is 1. The van der Waals surface area contributed by atoms with Gasteiger partial charge in [0, 0.05) is 23.1 Å². The summed E-state index contributed by atoms with van der Waals surface area (Å²) in [5.74, 6) is -0.775. The van der Waals surface area contributed by atoms with Gasteiger partial charge in [-0.3, -0.25) is 4.79 Å². The summed E-state index contributed by atoms with van der Waals surface area (Å²) in [6.07, 6.45) is 0. The minimum Gasteiger partial charge on any atom is -0.494 e. The summed E-state index contributed by atoms with van der Waals surface area (Å²) < 4.78 is 18.5. The molecule has 0 spiro atoms. The molecule has 1 amide bonds. The third-order valence-electron chi connectivity index (χ3n) is 3.74. The van der Waals surface area contributed by atoms with E-state index in [2.05, 4.69) is 10.3 Å². The van der Waals surface area contributed by atoms with Crippen LogP contribution < -0.4 is 10.1 Å². The SMILES string of the molecule is COc1ccc(C(=O)NCc2ccc(-c3csc(C)n3)cc2)cc1F. The second kappa shape index (κ2) is 7.44. The quantitative estimate of drug-likeness (QED) is 0.745. The van der Waals surface area contributed by atoms with Crippen molar-refractivity contribution >= 4 is 17.2 Å². The zero-order chi connectivity index (χ0) is 17.8. The largest absolute Gasteiger partial charge is 0.494 e. The predicted octanol–water partition coefficient (Wildman–Crippen LogP) is 4.20. The van der Waals surface area contributed by atoms with E-state index in [1.807, 2.05) is 36.6 Å². The molecular weight excluding hydrogens is 339 g/mol. The van der Waals surface area contributed by atoms with Gasteiger partial charge in [0.05, 0.1) is 17.8 Å². The topological polar surface area (TPSA) is 51.2 Å². The molecule has 0 atom stereocenters. The number of thiazole rings is 1. The van der Waals surface area contributed by atoms with Crippen LogP contribution in [0, 0.1) is 12.7 Å². The first-order valence-electron chi connectivity index (χ1n) is 7.70. The van der Waals surface area contributed by atoms with Crippen LogP contribution >= 0.6 is 11.3 Å². The maximum atomic E-state index is 13.7. The van der Waals surface area contributed by atoms with Crippen LogP contribution in [0.4, 0.5) is 4.39 Å². The van der Waals surface area contributed by atoms with E-state index in [0.717, 1.165) is 21.8 Å². The van der Waals surface area contributed by atoms with Crippen molar-refractivity contribution in [2.24, 2.45) is 0 Å². The van der Waals surface area contributed by atoms with E-state index < -0.39 is 5.82 Å². The molecule has 0 bridgehead atoms. The van der Waals surface area contributed by atoms with Gasteiger partial charge < -0.3 is 10.1 Å². The van der Waals surface area contributed by atoms with Crippen LogP contribution in [0.3, 0.4) is 0 Å². The smallest absolute Gasteiger partial charge is 0.251 e. The van der Waals surface area contributed by atoms with Gasteiger partial charge in [-0.2, -0.15) is 0 Å². The number of amides is 1. The Hall–Kier alpha value is -2.73. The van der Waals surface area contributed by atoms with E-state index in [4.69, 9.17) is 4.74 Å². The average molecular weight is 356 g/mol. The molecule has 0 aliphatic carbocycles. The molecule has 0 saturated carbocycles. The molecule has 25 heavy (non-hydrogen) atoms. The molecule has 0 saturated heterocycles. The Morgan fingerprint density at radius 2 is 2.00 bits per heavy atom. The van der Waals surface area contributed by atoms with Crippen LogP contribution in [0.5, 0.6) is 5.75 Å². The number of carbonyl (C=O) groups excluding carboxylic acids is 1. The van der Waals surface area contributed by atoms with Gasteiger partial charge in [-0.05, 0) is 30.7 Å². The molecule has 2 aromatic carbocycles. The van der Waals surface area contributed by atoms with Gasteiger partial charge in [0.1, 0.15) is 0 Å². The first-order valence-corrected chi connectivity index (χ1v) is 8.58. The molecule has 6 heteroatoms. The Morgan fingerprint density at radius 1 is 1.24 bits per heavy atom. The van der Waals surface area contributed by atoms with Gasteiger partial charge in [-0.1, -0.05) is 24.3 Å². The molecule has 4 nitrogen and oxygen atoms in total. The molecule has 1 aromatic heterocycles. The van der Waals surface area contributed by atoms with Crippen LogP contribution in [0.15, 0.2) is 47.8 Å². The molecule has 1 N–H and O–H groups in total. The van der Waals surface area contributed by atoms with Crippen LogP contribution in [0.2, 0.25) is 0 Å². The van der Waals surface area contributed by atoms with E-state index in [1.165, 1.54) is 25.3 Å². The number of aromatic nitrogens is 1. The molecule has 0 aliphatic heterocycles.